The van der Waals surface area contributed by atoms with Crippen molar-refractivity contribution in [2.24, 2.45) is 0 Å². The van der Waals surface area contributed by atoms with Gasteiger partial charge in [-0.3, -0.25) is 0 Å². The Hall–Kier alpha value is -1.91. The van der Waals surface area contributed by atoms with E-state index in [1.165, 1.54) is 0 Å². The Morgan fingerprint density at radius 1 is 1.13 bits per heavy atom. The topological polar surface area (TPSA) is 64.8 Å². The molecule has 2 aliphatic rings. The molecule has 1 aromatic carbocycles. The van der Waals surface area contributed by atoms with Crippen LogP contribution in [0.3, 0.4) is 0 Å². The minimum atomic E-state index is -0.451. The Balaban J connectivity index is 1.62. The third kappa shape index (κ3) is 3.71. The van der Waals surface area contributed by atoms with Gasteiger partial charge in [-0.1, -0.05) is 0 Å². The number of piperidine rings is 1. The first-order chi connectivity index (χ1) is 10.8. The number of carbonyl (C=O) groups is 1. The van der Waals surface area contributed by atoms with E-state index in [1.807, 2.05) is 49.9 Å². The van der Waals surface area contributed by atoms with Crippen LogP contribution in [0.2, 0.25) is 0 Å². The molecule has 2 aliphatic heterocycles. The first kappa shape index (κ1) is 16.0. The summed E-state index contributed by atoms with van der Waals surface area (Å²) < 4.78 is 11.6. The van der Waals surface area contributed by atoms with Crippen molar-refractivity contribution < 1.29 is 14.3 Å². The summed E-state index contributed by atoms with van der Waals surface area (Å²) in [7, 11) is 0. The predicted molar refractivity (Wildman–Crippen MR) is 89.4 cm³/mol. The van der Waals surface area contributed by atoms with Crippen LogP contribution in [0.4, 0.5) is 10.5 Å². The highest BCUT2D eigenvalue weighted by atomic mass is 16.6. The van der Waals surface area contributed by atoms with Gasteiger partial charge in [0.1, 0.15) is 17.5 Å². The summed E-state index contributed by atoms with van der Waals surface area (Å²) in [6.45, 7) is 5.72. The number of hydrogen-bond acceptors (Lipinski definition) is 4. The van der Waals surface area contributed by atoms with Crippen molar-refractivity contribution in [3.8, 4) is 5.75 Å². The lowest BCUT2D eigenvalue weighted by Crippen LogP contribution is -2.50. The molecule has 5 heteroatoms. The van der Waals surface area contributed by atoms with Gasteiger partial charge in [0.25, 0.3) is 0 Å². The van der Waals surface area contributed by atoms with Gasteiger partial charge in [-0.2, -0.15) is 0 Å². The number of benzene rings is 1. The fourth-order valence-electron chi connectivity index (χ4n) is 3.57. The van der Waals surface area contributed by atoms with Gasteiger partial charge in [-0.25, -0.2) is 4.79 Å². The molecule has 0 spiro atoms. The minimum absolute atomic E-state index is 0.148. The van der Waals surface area contributed by atoms with E-state index in [9.17, 15) is 4.79 Å². The molecule has 2 fully saturated rings. The maximum atomic E-state index is 12.4. The maximum absolute atomic E-state index is 12.4. The smallest absolute Gasteiger partial charge is 0.410 e. The molecule has 0 radical (unpaired) electrons. The first-order valence-electron chi connectivity index (χ1n) is 8.35. The van der Waals surface area contributed by atoms with Gasteiger partial charge in [0, 0.05) is 30.6 Å². The van der Waals surface area contributed by atoms with Crippen LogP contribution in [0.1, 0.15) is 46.5 Å². The molecular weight excluding hydrogens is 292 g/mol. The van der Waals surface area contributed by atoms with Crippen molar-refractivity contribution in [1.82, 2.24) is 4.90 Å². The molecular formula is C18H26N2O3. The van der Waals surface area contributed by atoms with Gasteiger partial charge >= 0.3 is 6.09 Å². The lowest BCUT2D eigenvalue weighted by molar-refractivity contribution is -0.00707. The number of anilines is 1. The van der Waals surface area contributed by atoms with E-state index in [-0.39, 0.29) is 24.3 Å². The van der Waals surface area contributed by atoms with E-state index in [4.69, 9.17) is 15.2 Å². The van der Waals surface area contributed by atoms with Crippen LogP contribution in [-0.2, 0) is 4.74 Å². The molecule has 3 rings (SSSR count). The molecule has 2 heterocycles. The summed E-state index contributed by atoms with van der Waals surface area (Å²) in [6, 6.07) is 7.94. The fraction of sp³-hybridized carbons (Fsp3) is 0.611. The molecule has 2 bridgehead atoms. The van der Waals surface area contributed by atoms with Crippen LogP contribution in [0, 0.1) is 0 Å². The Morgan fingerprint density at radius 3 is 2.22 bits per heavy atom. The second-order valence-corrected chi connectivity index (χ2v) is 7.55. The summed E-state index contributed by atoms with van der Waals surface area (Å²) in [5.74, 6) is 0.842. The summed E-state index contributed by atoms with van der Waals surface area (Å²) in [5.41, 5.74) is 5.99. The number of rotatable bonds is 2. The Kier molecular flexibility index (Phi) is 4.13. The summed E-state index contributed by atoms with van der Waals surface area (Å²) in [6.07, 6.45) is 3.75. The molecule has 0 aliphatic carbocycles. The standard InChI is InChI=1S/C18H26N2O3/c1-18(2,3)23-17(21)20-13-6-7-14(20)11-16(10-13)22-15-8-4-12(19)5-9-15/h4-5,8-9,13-14,16H,6-7,10-11,19H2,1-3H3/t13-,14+,16+. The third-order valence-electron chi connectivity index (χ3n) is 4.48. The van der Waals surface area contributed by atoms with Crippen molar-refractivity contribution in [3.63, 3.8) is 0 Å². The average molecular weight is 318 g/mol. The van der Waals surface area contributed by atoms with Crippen molar-refractivity contribution in [1.29, 1.82) is 0 Å². The zero-order chi connectivity index (χ0) is 16.6. The zero-order valence-electron chi connectivity index (χ0n) is 14.1. The van der Waals surface area contributed by atoms with Crippen LogP contribution in [-0.4, -0.2) is 34.8 Å². The predicted octanol–water partition coefficient (Wildman–Crippen LogP) is 3.58. The number of hydrogen-bond donors (Lipinski definition) is 1. The van der Waals surface area contributed by atoms with Crippen molar-refractivity contribution in [2.75, 3.05) is 5.73 Å². The second kappa shape index (κ2) is 5.95. The molecule has 2 N–H and O–H groups in total. The quantitative estimate of drug-likeness (QED) is 0.847. The number of fused-ring (bicyclic) bond motifs is 2. The number of ether oxygens (including phenoxy) is 2. The summed E-state index contributed by atoms with van der Waals surface area (Å²) in [5, 5.41) is 0. The highest BCUT2D eigenvalue weighted by Crippen LogP contribution is 2.38. The van der Waals surface area contributed by atoms with E-state index < -0.39 is 5.60 Å². The van der Waals surface area contributed by atoms with Crippen LogP contribution in [0.5, 0.6) is 5.75 Å². The number of amides is 1. The molecule has 0 unspecified atom stereocenters. The molecule has 1 amide bonds. The van der Waals surface area contributed by atoms with E-state index in [1.54, 1.807) is 0 Å². The largest absolute Gasteiger partial charge is 0.490 e. The van der Waals surface area contributed by atoms with Crippen molar-refractivity contribution in [3.05, 3.63) is 24.3 Å². The Morgan fingerprint density at radius 2 is 1.70 bits per heavy atom. The third-order valence-corrected chi connectivity index (χ3v) is 4.48. The molecule has 1 aromatic rings. The number of nitrogens with two attached hydrogens (primary N) is 1. The average Bonchev–Trinajstić information content (AvgIpc) is 2.72. The number of nitrogens with zero attached hydrogens (tertiary/aromatic N) is 1. The Labute approximate surface area is 137 Å². The molecule has 5 nitrogen and oxygen atoms in total. The van der Waals surface area contributed by atoms with Gasteiger partial charge in [-0.15, -0.1) is 0 Å². The van der Waals surface area contributed by atoms with Crippen molar-refractivity contribution >= 4 is 11.8 Å². The second-order valence-electron chi connectivity index (χ2n) is 7.55. The first-order valence-corrected chi connectivity index (χ1v) is 8.35. The minimum Gasteiger partial charge on any atom is -0.490 e. The highest BCUT2D eigenvalue weighted by Gasteiger charge is 2.45. The van der Waals surface area contributed by atoms with Gasteiger partial charge in [0.2, 0.25) is 0 Å². The zero-order valence-corrected chi connectivity index (χ0v) is 14.1. The number of carbonyl (C=O) groups excluding carboxylic acids is 1. The van der Waals surface area contributed by atoms with E-state index in [0.29, 0.717) is 0 Å². The molecule has 0 aromatic heterocycles. The lowest BCUT2D eigenvalue weighted by Gasteiger charge is -2.39. The van der Waals surface area contributed by atoms with Gasteiger partial charge < -0.3 is 20.1 Å². The van der Waals surface area contributed by atoms with Crippen LogP contribution in [0.15, 0.2) is 24.3 Å². The van der Waals surface area contributed by atoms with Crippen LogP contribution < -0.4 is 10.5 Å². The SMILES string of the molecule is CC(C)(C)OC(=O)N1[C@@H]2CC[C@H]1C[C@@H](Oc1ccc(N)cc1)C2. The fourth-order valence-corrected chi connectivity index (χ4v) is 3.57. The Bertz CT molecular complexity index is 551. The molecule has 126 valence electrons. The van der Waals surface area contributed by atoms with E-state index in [2.05, 4.69) is 0 Å². The van der Waals surface area contributed by atoms with Gasteiger partial charge in [0.05, 0.1) is 0 Å². The summed E-state index contributed by atoms with van der Waals surface area (Å²) >= 11 is 0. The van der Waals surface area contributed by atoms with E-state index >= 15 is 0 Å². The molecule has 3 atom stereocenters. The van der Waals surface area contributed by atoms with Crippen LogP contribution >= 0.6 is 0 Å². The van der Waals surface area contributed by atoms with Crippen molar-refractivity contribution in [2.45, 2.75) is 70.2 Å². The van der Waals surface area contributed by atoms with Gasteiger partial charge in [0.15, 0.2) is 0 Å². The summed E-state index contributed by atoms with van der Waals surface area (Å²) in [4.78, 5) is 14.4. The molecule has 0 saturated carbocycles. The van der Waals surface area contributed by atoms with E-state index in [0.717, 1.165) is 37.1 Å². The molecule has 2 saturated heterocycles. The number of nitrogen functional groups attached to an aromatic ring is 1. The highest BCUT2D eigenvalue weighted by molar-refractivity contribution is 5.69. The normalized spacial score (nSPS) is 26.9. The lowest BCUT2D eigenvalue weighted by atomic mass is 10.00. The maximum Gasteiger partial charge on any atom is 0.410 e. The molecule has 23 heavy (non-hydrogen) atoms. The van der Waals surface area contributed by atoms with Crippen LogP contribution in [0.25, 0.3) is 0 Å². The monoisotopic (exact) mass is 318 g/mol. The van der Waals surface area contributed by atoms with Gasteiger partial charge in [-0.05, 0) is 57.9 Å².